The SMILES string of the molecule is C#CCN1C(=O)C(N=c2sc(=O)[nH]n2C)Oc2cc(F)ccc21. The van der Waals surface area contributed by atoms with E-state index >= 15 is 0 Å². The van der Waals surface area contributed by atoms with Crippen LogP contribution in [0.2, 0.25) is 0 Å². The quantitative estimate of drug-likeness (QED) is 0.797. The molecule has 0 saturated carbocycles. The number of carbonyl (C=O) groups excluding carboxylic acids is 1. The lowest BCUT2D eigenvalue weighted by atomic mass is 10.2. The summed E-state index contributed by atoms with van der Waals surface area (Å²) < 4.78 is 20.3. The van der Waals surface area contributed by atoms with Crippen LogP contribution in [0.15, 0.2) is 28.0 Å². The number of rotatable bonds is 2. The van der Waals surface area contributed by atoms with Gasteiger partial charge in [-0.2, -0.15) is 0 Å². The van der Waals surface area contributed by atoms with Gasteiger partial charge in [0.2, 0.25) is 4.80 Å². The Kier molecular flexibility index (Phi) is 3.75. The summed E-state index contributed by atoms with van der Waals surface area (Å²) in [6.07, 6.45) is 4.06. The minimum atomic E-state index is -1.24. The minimum absolute atomic E-state index is 0.00232. The van der Waals surface area contributed by atoms with Crippen LogP contribution >= 0.6 is 11.3 Å². The van der Waals surface area contributed by atoms with E-state index in [2.05, 4.69) is 16.0 Å². The van der Waals surface area contributed by atoms with E-state index in [0.717, 1.165) is 17.4 Å². The number of benzene rings is 1. The summed E-state index contributed by atoms with van der Waals surface area (Å²) in [6, 6.07) is 3.80. The van der Waals surface area contributed by atoms with Gasteiger partial charge in [-0.15, -0.1) is 6.42 Å². The maximum atomic E-state index is 13.4. The number of halogens is 1. The molecule has 3 rings (SSSR count). The Morgan fingerprint density at radius 1 is 1.52 bits per heavy atom. The molecule has 1 aromatic carbocycles. The van der Waals surface area contributed by atoms with Crippen LogP contribution in [-0.4, -0.2) is 28.5 Å². The van der Waals surface area contributed by atoms with Gasteiger partial charge in [0, 0.05) is 13.1 Å². The number of amides is 1. The molecular weight excluding hydrogens is 323 g/mol. The lowest BCUT2D eigenvalue weighted by Gasteiger charge is -2.31. The van der Waals surface area contributed by atoms with Crippen molar-refractivity contribution < 1.29 is 13.9 Å². The maximum Gasteiger partial charge on any atom is 0.322 e. The highest BCUT2D eigenvalue weighted by molar-refractivity contribution is 7.06. The molecule has 2 heterocycles. The van der Waals surface area contributed by atoms with Crippen molar-refractivity contribution >= 4 is 22.9 Å². The summed E-state index contributed by atoms with van der Waals surface area (Å²) in [7, 11) is 1.58. The van der Waals surface area contributed by atoms with Gasteiger partial charge < -0.3 is 4.74 Å². The van der Waals surface area contributed by atoms with E-state index in [-0.39, 0.29) is 22.0 Å². The Morgan fingerprint density at radius 3 is 2.96 bits per heavy atom. The van der Waals surface area contributed by atoms with Crippen LogP contribution in [0, 0.1) is 18.2 Å². The Morgan fingerprint density at radius 2 is 2.30 bits per heavy atom. The van der Waals surface area contributed by atoms with Crippen molar-refractivity contribution in [1.29, 1.82) is 0 Å². The van der Waals surface area contributed by atoms with E-state index in [1.807, 2.05) is 0 Å². The molecule has 0 bridgehead atoms. The first kappa shape index (κ1) is 15.1. The lowest BCUT2D eigenvalue weighted by Crippen LogP contribution is -2.46. The number of aryl methyl sites for hydroxylation is 1. The second-order valence-electron chi connectivity index (χ2n) is 4.68. The van der Waals surface area contributed by atoms with Crippen LogP contribution in [0.3, 0.4) is 0 Å². The highest BCUT2D eigenvalue weighted by Crippen LogP contribution is 2.34. The van der Waals surface area contributed by atoms with Gasteiger partial charge in [-0.05, 0) is 23.5 Å². The molecule has 2 aromatic rings. The molecule has 1 amide bonds. The highest BCUT2D eigenvalue weighted by Gasteiger charge is 2.34. The molecule has 1 aromatic heterocycles. The third-order valence-corrected chi connectivity index (χ3v) is 3.97. The second-order valence-corrected chi connectivity index (χ2v) is 5.62. The fourth-order valence-electron chi connectivity index (χ4n) is 2.14. The normalized spacial score (nSPS) is 17.6. The molecule has 0 saturated heterocycles. The number of nitrogens with zero attached hydrogens (tertiary/aromatic N) is 3. The summed E-state index contributed by atoms with van der Waals surface area (Å²) >= 11 is 0.829. The van der Waals surface area contributed by atoms with E-state index in [0.29, 0.717) is 5.69 Å². The van der Waals surface area contributed by atoms with E-state index in [4.69, 9.17) is 11.2 Å². The zero-order valence-electron chi connectivity index (χ0n) is 11.9. The second kappa shape index (κ2) is 5.73. The first-order valence-corrected chi connectivity index (χ1v) is 7.32. The van der Waals surface area contributed by atoms with Gasteiger partial charge in [0.15, 0.2) is 0 Å². The number of nitrogens with one attached hydrogen (secondary N) is 1. The first-order valence-electron chi connectivity index (χ1n) is 6.50. The van der Waals surface area contributed by atoms with Crippen LogP contribution in [0.25, 0.3) is 0 Å². The molecule has 7 nitrogen and oxygen atoms in total. The van der Waals surface area contributed by atoms with E-state index < -0.39 is 18.0 Å². The van der Waals surface area contributed by atoms with Gasteiger partial charge in [0.25, 0.3) is 12.1 Å². The average molecular weight is 334 g/mol. The number of hydrogen-bond acceptors (Lipinski definition) is 5. The summed E-state index contributed by atoms with van der Waals surface area (Å²) in [5.41, 5.74) is 0.382. The van der Waals surface area contributed by atoms with E-state index in [1.54, 1.807) is 7.05 Å². The van der Waals surface area contributed by atoms with Crippen LogP contribution < -0.4 is 19.3 Å². The third-order valence-electron chi connectivity index (χ3n) is 3.14. The van der Waals surface area contributed by atoms with Crippen molar-refractivity contribution in [3.05, 3.63) is 38.5 Å². The Balaban J connectivity index is 2.09. The lowest BCUT2D eigenvalue weighted by molar-refractivity contribution is -0.125. The number of ether oxygens (including phenoxy) is 1. The molecule has 1 unspecified atom stereocenters. The number of terminal acetylenes is 1. The molecule has 1 aliphatic rings. The minimum Gasteiger partial charge on any atom is -0.457 e. The monoisotopic (exact) mass is 334 g/mol. The van der Waals surface area contributed by atoms with Crippen LogP contribution in [0.4, 0.5) is 10.1 Å². The first-order chi connectivity index (χ1) is 11.0. The van der Waals surface area contributed by atoms with Gasteiger partial charge in [0.05, 0.1) is 12.2 Å². The molecule has 1 atom stereocenters. The number of aromatic nitrogens is 2. The molecule has 0 spiro atoms. The zero-order chi connectivity index (χ0) is 16.6. The average Bonchev–Trinajstić information content (AvgIpc) is 2.81. The maximum absolute atomic E-state index is 13.4. The van der Waals surface area contributed by atoms with E-state index in [1.165, 1.54) is 21.7 Å². The number of H-pyrrole nitrogens is 1. The molecule has 0 fully saturated rings. The van der Waals surface area contributed by atoms with Gasteiger partial charge in [-0.3, -0.25) is 24.3 Å². The number of anilines is 1. The fourth-order valence-corrected chi connectivity index (χ4v) is 2.82. The largest absolute Gasteiger partial charge is 0.457 e. The number of hydrogen-bond donors (Lipinski definition) is 1. The summed E-state index contributed by atoms with van der Waals surface area (Å²) in [6.45, 7) is 0.00232. The van der Waals surface area contributed by atoms with Crippen LogP contribution in [-0.2, 0) is 11.8 Å². The third kappa shape index (κ3) is 2.76. The summed E-state index contributed by atoms with van der Waals surface area (Å²) in [4.78, 5) is 29.2. The predicted octanol–water partition coefficient (Wildman–Crippen LogP) is 0.200. The van der Waals surface area contributed by atoms with Crippen LogP contribution in [0.1, 0.15) is 0 Å². The Bertz CT molecular complexity index is 936. The van der Waals surface area contributed by atoms with Gasteiger partial charge >= 0.3 is 4.87 Å². The van der Waals surface area contributed by atoms with Gasteiger partial charge in [0.1, 0.15) is 11.6 Å². The zero-order valence-corrected chi connectivity index (χ0v) is 12.8. The summed E-state index contributed by atoms with van der Waals surface area (Å²) in [5, 5.41) is 2.49. The van der Waals surface area contributed by atoms with E-state index in [9.17, 15) is 14.0 Å². The van der Waals surface area contributed by atoms with Crippen molar-refractivity contribution in [2.24, 2.45) is 12.0 Å². The fraction of sp³-hybridized carbons (Fsp3) is 0.214. The Hall–Kier alpha value is -2.86. The topological polar surface area (TPSA) is 79.7 Å². The number of carbonyl (C=O) groups is 1. The molecule has 0 aliphatic carbocycles. The standard InChI is InChI=1S/C14H11FN4O3S/c1-3-6-19-9-5-4-8(15)7-10(9)22-11(12(19)20)16-13-18(2)17-14(21)23-13/h1,4-5,7,11H,6H2,2H3,(H,17,21). The van der Waals surface area contributed by atoms with Crippen molar-refractivity contribution in [1.82, 2.24) is 9.78 Å². The predicted molar refractivity (Wildman–Crippen MR) is 81.5 cm³/mol. The molecule has 1 aliphatic heterocycles. The van der Waals surface area contributed by atoms with Crippen LogP contribution in [0.5, 0.6) is 5.75 Å². The molecular formula is C14H11FN4O3S. The molecule has 0 radical (unpaired) electrons. The molecule has 118 valence electrons. The van der Waals surface area contributed by atoms with Gasteiger partial charge in [-0.25, -0.2) is 9.38 Å². The molecule has 1 N–H and O–H groups in total. The van der Waals surface area contributed by atoms with Crippen molar-refractivity contribution in [3.8, 4) is 18.1 Å². The molecule has 9 heteroatoms. The summed E-state index contributed by atoms with van der Waals surface area (Å²) in [5.74, 6) is 1.56. The number of aromatic amines is 1. The Labute approximate surface area is 133 Å². The molecule has 23 heavy (non-hydrogen) atoms. The van der Waals surface area contributed by atoms with Crippen molar-refractivity contribution in [2.45, 2.75) is 6.23 Å². The number of fused-ring (bicyclic) bond motifs is 1. The van der Waals surface area contributed by atoms with Gasteiger partial charge in [-0.1, -0.05) is 5.92 Å². The smallest absolute Gasteiger partial charge is 0.322 e. The highest BCUT2D eigenvalue weighted by atomic mass is 32.1. The van der Waals surface area contributed by atoms with Crippen molar-refractivity contribution in [2.75, 3.05) is 11.4 Å². The van der Waals surface area contributed by atoms with Crippen molar-refractivity contribution in [3.63, 3.8) is 0 Å².